The Hall–Kier alpha value is -3.73. The summed E-state index contributed by atoms with van der Waals surface area (Å²) in [6.07, 6.45) is 1.66. The molecular formula is C27H24FNO3. The van der Waals surface area contributed by atoms with Crippen LogP contribution in [0.25, 0.3) is 6.08 Å². The number of hydrogen-bond donors (Lipinski definition) is 0. The Balaban J connectivity index is 1.50. The molecule has 5 heteroatoms. The summed E-state index contributed by atoms with van der Waals surface area (Å²) in [5, 5.41) is 0. The summed E-state index contributed by atoms with van der Waals surface area (Å²) in [5.74, 6) is 0.106. The van der Waals surface area contributed by atoms with Gasteiger partial charge in [-0.25, -0.2) is 14.2 Å². The van der Waals surface area contributed by atoms with Crippen LogP contribution in [0, 0.1) is 5.82 Å². The average molecular weight is 429 g/mol. The molecule has 3 aromatic carbocycles. The first-order valence-corrected chi connectivity index (χ1v) is 10.4. The molecular weight excluding hydrogens is 405 g/mol. The van der Waals surface area contributed by atoms with Gasteiger partial charge in [-0.1, -0.05) is 57.2 Å². The molecule has 0 amide bonds. The highest BCUT2D eigenvalue weighted by atomic mass is 19.1. The van der Waals surface area contributed by atoms with E-state index in [0.717, 1.165) is 16.7 Å². The van der Waals surface area contributed by atoms with Gasteiger partial charge in [-0.15, -0.1) is 0 Å². The maximum Gasteiger partial charge on any atom is 0.363 e. The number of ether oxygens (including phenoxy) is 2. The molecule has 0 N–H and O–H groups in total. The third-order valence-electron chi connectivity index (χ3n) is 5.07. The largest absolute Gasteiger partial charge is 0.489 e. The fraction of sp³-hybridized carbons (Fsp3) is 0.185. The van der Waals surface area contributed by atoms with Crippen molar-refractivity contribution in [2.45, 2.75) is 32.8 Å². The van der Waals surface area contributed by atoms with Crippen LogP contribution in [0.4, 0.5) is 4.39 Å². The molecule has 3 aromatic rings. The van der Waals surface area contributed by atoms with Crippen LogP contribution in [0.2, 0.25) is 0 Å². The summed E-state index contributed by atoms with van der Waals surface area (Å²) in [7, 11) is 0. The summed E-state index contributed by atoms with van der Waals surface area (Å²) in [6, 6.07) is 21.4. The van der Waals surface area contributed by atoms with Crippen LogP contribution in [0.1, 0.15) is 43.0 Å². The molecule has 1 heterocycles. The second-order valence-electron chi connectivity index (χ2n) is 8.65. The number of carbonyl (C=O) groups is 1. The predicted molar refractivity (Wildman–Crippen MR) is 123 cm³/mol. The molecule has 1 aliphatic rings. The van der Waals surface area contributed by atoms with E-state index in [1.54, 1.807) is 30.3 Å². The van der Waals surface area contributed by atoms with E-state index in [4.69, 9.17) is 9.47 Å². The van der Waals surface area contributed by atoms with Gasteiger partial charge in [-0.05, 0) is 64.6 Å². The minimum Gasteiger partial charge on any atom is -0.489 e. The first-order chi connectivity index (χ1) is 15.3. The summed E-state index contributed by atoms with van der Waals surface area (Å²) in [4.78, 5) is 16.7. The van der Waals surface area contributed by atoms with Crippen LogP contribution in [-0.4, -0.2) is 11.9 Å². The lowest BCUT2D eigenvalue weighted by molar-refractivity contribution is -0.129. The quantitative estimate of drug-likeness (QED) is 0.367. The van der Waals surface area contributed by atoms with Crippen molar-refractivity contribution in [2.75, 3.05) is 0 Å². The first-order valence-electron chi connectivity index (χ1n) is 10.4. The highest BCUT2D eigenvalue weighted by Crippen LogP contribution is 2.25. The molecule has 0 aliphatic carbocycles. The number of halogens is 1. The Bertz CT molecular complexity index is 1200. The van der Waals surface area contributed by atoms with E-state index >= 15 is 0 Å². The van der Waals surface area contributed by atoms with Gasteiger partial charge < -0.3 is 9.47 Å². The standard InChI is InChI=1S/C27H24FNO3/c1-27(2,3)21-12-10-20(11-13-21)25-29-24(26(30)32-25)16-18-6-5-9-23(15-18)31-17-19-7-4-8-22(28)14-19/h4-16H,17H2,1-3H3. The normalized spacial score (nSPS) is 14.9. The van der Waals surface area contributed by atoms with Gasteiger partial charge in [0.1, 0.15) is 18.2 Å². The van der Waals surface area contributed by atoms with Gasteiger partial charge in [0.15, 0.2) is 5.70 Å². The Labute approximate surface area is 187 Å². The zero-order chi connectivity index (χ0) is 22.7. The Kier molecular flexibility index (Phi) is 5.91. The zero-order valence-corrected chi connectivity index (χ0v) is 18.3. The fourth-order valence-corrected chi connectivity index (χ4v) is 3.29. The molecule has 4 rings (SSSR count). The van der Waals surface area contributed by atoms with E-state index in [1.807, 2.05) is 36.4 Å². The highest BCUT2D eigenvalue weighted by molar-refractivity contribution is 6.12. The third-order valence-corrected chi connectivity index (χ3v) is 5.07. The number of nitrogens with zero attached hydrogens (tertiary/aromatic N) is 1. The summed E-state index contributed by atoms with van der Waals surface area (Å²) >= 11 is 0. The molecule has 0 unspecified atom stereocenters. The zero-order valence-electron chi connectivity index (χ0n) is 18.3. The van der Waals surface area contributed by atoms with Crippen LogP contribution in [0.3, 0.4) is 0 Å². The lowest BCUT2D eigenvalue weighted by atomic mass is 9.87. The van der Waals surface area contributed by atoms with Crippen molar-refractivity contribution in [3.8, 4) is 5.75 Å². The number of hydrogen-bond acceptors (Lipinski definition) is 4. The van der Waals surface area contributed by atoms with Gasteiger partial charge in [0.2, 0.25) is 5.90 Å². The molecule has 0 atom stereocenters. The van der Waals surface area contributed by atoms with Crippen LogP contribution >= 0.6 is 0 Å². The number of esters is 1. The topological polar surface area (TPSA) is 47.9 Å². The summed E-state index contributed by atoms with van der Waals surface area (Å²) < 4.78 is 24.5. The van der Waals surface area contributed by atoms with E-state index < -0.39 is 5.97 Å². The van der Waals surface area contributed by atoms with Crippen LogP contribution < -0.4 is 4.74 Å². The lowest BCUT2D eigenvalue weighted by Crippen LogP contribution is -2.11. The second-order valence-corrected chi connectivity index (χ2v) is 8.65. The number of cyclic esters (lactones) is 1. The smallest absolute Gasteiger partial charge is 0.363 e. The number of rotatable bonds is 5. The lowest BCUT2D eigenvalue weighted by Gasteiger charge is -2.18. The molecule has 0 radical (unpaired) electrons. The van der Waals surface area contributed by atoms with Crippen molar-refractivity contribution in [3.05, 3.63) is 107 Å². The summed E-state index contributed by atoms with van der Waals surface area (Å²) in [5.41, 5.74) is 3.70. The van der Waals surface area contributed by atoms with E-state index in [0.29, 0.717) is 11.6 Å². The molecule has 1 aliphatic heterocycles. The van der Waals surface area contributed by atoms with Gasteiger partial charge >= 0.3 is 5.97 Å². The van der Waals surface area contributed by atoms with Crippen LogP contribution in [0.15, 0.2) is 83.5 Å². The summed E-state index contributed by atoms with van der Waals surface area (Å²) in [6.45, 7) is 6.68. The molecule has 0 fully saturated rings. The van der Waals surface area contributed by atoms with Crippen molar-refractivity contribution in [1.82, 2.24) is 0 Å². The molecule has 0 aromatic heterocycles. The maximum absolute atomic E-state index is 13.3. The average Bonchev–Trinajstić information content (AvgIpc) is 3.12. The Morgan fingerprint density at radius 2 is 1.75 bits per heavy atom. The van der Waals surface area contributed by atoms with Crippen molar-refractivity contribution in [2.24, 2.45) is 4.99 Å². The van der Waals surface area contributed by atoms with Gasteiger partial charge in [-0.2, -0.15) is 0 Å². The van der Waals surface area contributed by atoms with Gasteiger partial charge in [0.05, 0.1) is 0 Å². The van der Waals surface area contributed by atoms with Gasteiger partial charge in [0.25, 0.3) is 0 Å². The van der Waals surface area contributed by atoms with E-state index in [1.165, 1.54) is 17.7 Å². The number of aliphatic imine (C=N–C) groups is 1. The van der Waals surface area contributed by atoms with Gasteiger partial charge in [0, 0.05) is 5.56 Å². The highest BCUT2D eigenvalue weighted by Gasteiger charge is 2.24. The van der Waals surface area contributed by atoms with Crippen molar-refractivity contribution in [1.29, 1.82) is 0 Å². The minimum absolute atomic E-state index is 0.0412. The molecule has 0 bridgehead atoms. The van der Waals surface area contributed by atoms with E-state index in [9.17, 15) is 9.18 Å². The molecule has 162 valence electrons. The van der Waals surface area contributed by atoms with Crippen molar-refractivity contribution in [3.63, 3.8) is 0 Å². The molecule has 0 saturated heterocycles. The molecule has 4 nitrogen and oxygen atoms in total. The number of benzene rings is 3. The Morgan fingerprint density at radius 3 is 2.47 bits per heavy atom. The SMILES string of the molecule is CC(C)(C)c1ccc(C2=NC(=Cc3cccc(OCc4cccc(F)c4)c3)C(=O)O2)cc1. The molecule has 0 spiro atoms. The molecule has 0 saturated carbocycles. The van der Waals surface area contributed by atoms with Crippen LogP contribution in [0.5, 0.6) is 5.75 Å². The maximum atomic E-state index is 13.3. The molecule has 32 heavy (non-hydrogen) atoms. The fourth-order valence-electron chi connectivity index (χ4n) is 3.29. The third kappa shape index (κ3) is 5.11. The van der Waals surface area contributed by atoms with Crippen molar-refractivity contribution >= 4 is 17.9 Å². The second kappa shape index (κ2) is 8.79. The van der Waals surface area contributed by atoms with Crippen molar-refractivity contribution < 1.29 is 18.7 Å². The number of carbonyl (C=O) groups excluding carboxylic acids is 1. The Morgan fingerprint density at radius 1 is 1.00 bits per heavy atom. The monoisotopic (exact) mass is 429 g/mol. The van der Waals surface area contributed by atoms with E-state index in [2.05, 4.69) is 25.8 Å². The van der Waals surface area contributed by atoms with Crippen LogP contribution in [-0.2, 0) is 21.6 Å². The minimum atomic E-state index is -0.494. The first kappa shape index (κ1) is 21.5. The van der Waals surface area contributed by atoms with E-state index in [-0.39, 0.29) is 23.5 Å². The predicted octanol–water partition coefficient (Wildman–Crippen LogP) is 6.05. The van der Waals surface area contributed by atoms with Gasteiger partial charge in [-0.3, -0.25) is 0 Å².